The number of hydrogen-bond donors (Lipinski definition) is 1. The van der Waals surface area contributed by atoms with Crippen molar-refractivity contribution in [3.63, 3.8) is 0 Å². The first-order chi connectivity index (χ1) is 9.31. The Kier molecular flexibility index (Phi) is 5.04. The summed E-state index contributed by atoms with van der Waals surface area (Å²) in [5.74, 6) is 0. The SMILES string of the molecule is CCCNC(Cc1cccnc1)c1ncccc1C. The molecule has 1 N–H and O–H groups in total. The second kappa shape index (κ2) is 7.00. The zero-order chi connectivity index (χ0) is 13.5. The van der Waals surface area contributed by atoms with Gasteiger partial charge in [-0.2, -0.15) is 0 Å². The molecule has 0 saturated carbocycles. The highest BCUT2D eigenvalue weighted by Crippen LogP contribution is 2.19. The van der Waals surface area contributed by atoms with Crippen LogP contribution in [0.25, 0.3) is 0 Å². The van der Waals surface area contributed by atoms with Gasteiger partial charge in [0.05, 0.1) is 11.7 Å². The summed E-state index contributed by atoms with van der Waals surface area (Å²) in [6.45, 7) is 5.30. The minimum Gasteiger partial charge on any atom is -0.308 e. The summed E-state index contributed by atoms with van der Waals surface area (Å²) < 4.78 is 0. The normalized spacial score (nSPS) is 12.3. The highest BCUT2D eigenvalue weighted by molar-refractivity contribution is 5.23. The summed E-state index contributed by atoms with van der Waals surface area (Å²) in [6.07, 6.45) is 7.65. The molecule has 0 aliphatic carbocycles. The molecule has 0 amide bonds. The third-order valence-electron chi connectivity index (χ3n) is 3.18. The monoisotopic (exact) mass is 255 g/mol. The van der Waals surface area contributed by atoms with Gasteiger partial charge in [0.15, 0.2) is 0 Å². The topological polar surface area (TPSA) is 37.8 Å². The standard InChI is InChI=1S/C16H21N3/c1-3-8-18-15(11-14-7-5-9-17-12-14)16-13(2)6-4-10-19-16/h4-7,9-10,12,15,18H,3,8,11H2,1-2H3. The Bertz CT molecular complexity index is 496. The fraction of sp³-hybridized carbons (Fsp3) is 0.375. The lowest BCUT2D eigenvalue weighted by atomic mass is 10.0. The number of rotatable bonds is 6. The van der Waals surface area contributed by atoms with Gasteiger partial charge in [-0.1, -0.05) is 19.1 Å². The first-order valence-corrected chi connectivity index (χ1v) is 6.85. The molecular weight excluding hydrogens is 234 g/mol. The van der Waals surface area contributed by atoms with E-state index in [0.717, 1.165) is 25.1 Å². The molecule has 0 radical (unpaired) electrons. The van der Waals surface area contributed by atoms with Crippen LogP contribution in [0.2, 0.25) is 0 Å². The van der Waals surface area contributed by atoms with E-state index in [1.807, 2.05) is 30.7 Å². The second-order valence-corrected chi connectivity index (χ2v) is 4.78. The molecule has 0 aliphatic rings. The maximum atomic E-state index is 4.54. The average Bonchev–Trinajstić information content (AvgIpc) is 2.45. The van der Waals surface area contributed by atoms with E-state index >= 15 is 0 Å². The molecule has 0 fully saturated rings. The van der Waals surface area contributed by atoms with Crippen molar-refractivity contribution in [2.24, 2.45) is 0 Å². The van der Waals surface area contributed by atoms with Crippen LogP contribution < -0.4 is 5.32 Å². The molecule has 2 rings (SSSR count). The molecule has 100 valence electrons. The van der Waals surface area contributed by atoms with Crippen LogP contribution >= 0.6 is 0 Å². The first kappa shape index (κ1) is 13.7. The fourth-order valence-corrected chi connectivity index (χ4v) is 2.20. The number of nitrogens with zero attached hydrogens (tertiary/aromatic N) is 2. The molecule has 0 spiro atoms. The van der Waals surface area contributed by atoms with E-state index < -0.39 is 0 Å². The zero-order valence-corrected chi connectivity index (χ0v) is 11.6. The van der Waals surface area contributed by atoms with E-state index in [2.05, 4.69) is 41.3 Å². The highest BCUT2D eigenvalue weighted by atomic mass is 14.9. The number of pyridine rings is 2. The van der Waals surface area contributed by atoms with Crippen LogP contribution in [0, 0.1) is 6.92 Å². The van der Waals surface area contributed by atoms with Crippen LogP contribution in [0.15, 0.2) is 42.9 Å². The lowest BCUT2D eigenvalue weighted by Crippen LogP contribution is -2.25. The Morgan fingerprint density at radius 1 is 1.21 bits per heavy atom. The van der Waals surface area contributed by atoms with Gasteiger partial charge in [-0.25, -0.2) is 0 Å². The van der Waals surface area contributed by atoms with Gasteiger partial charge in [0, 0.05) is 18.6 Å². The van der Waals surface area contributed by atoms with Crippen LogP contribution in [0.1, 0.15) is 36.2 Å². The minimum absolute atomic E-state index is 0.255. The molecule has 1 atom stereocenters. The van der Waals surface area contributed by atoms with Crippen LogP contribution in [-0.2, 0) is 6.42 Å². The van der Waals surface area contributed by atoms with Gasteiger partial charge in [0.2, 0.25) is 0 Å². The highest BCUT2D eigenvalue weighted by Gasteiger charge is 2.14. The molecule has 0 saturated heterocycles. The summed E-state index contributed by atoms with van der Waals surface area (Å²) in [4.78, 5) is 8.73. The summed E-state index contributed by atoms with van der Waals surface area (Å²) in [7, 11) is 0. The van der Waals surface area contributed by atoms with Crippen molar-refractivity contribution in [3.05, 3.63) is 59.7 Å². The first-order valence-electron chi connectivity index (χ1n) is 6.85. The Hall–Kier alpha value is -1.74. The molecule has 2 heterocycles. The van der Waals surface area contributed by atoms with E-state index in [-0.39, 0.29) is 6.04 Å². The van der Waals surface area contributed by atoms with Gasteiger partial charge in [-0.3, -0.25) is 9.97 Å². The molecule has 0 aromatic carbocycles. The quantitative estimate of drug-likeness (QED) is 0.862. The van der Waals surface area contributed by atoms with Crippen molar-refractivity contribution in [1.29, 1.82) is 0 Å². The van der Waals surface area contributed by atoms with Crippen molar-refractivity contribution < 1.29 is 0 Å². The van der Waals surface area contributed by atoms with Gasteiger partial charge in [-0.05, 0) is 49.6 Å². The number of aryl methyl sites for hydroxylation is 1. The van der Waals surface area contributed by atoms with E-state index in [1.54, 1.807) is 0 Å². The smallest absolute Gasteiger partial charge is 0.0605 e. The fourth-order valence-electron chi connectivity index (χ4n) is 2.20. The molecule has 2 aromatic rings. The van der Waals surface area contributed by atoms with Gasteiger partial charge < -0.3 is 5.32 Å². The molecule has 2 aromatic heterocycles. The Morgan fingerprint density at radius 2 is 2.05 bits per heavy atom. The molecule has 19 heavy (non-hydrogen) atoms. The maximum Gasteiger partial charge on any atom is 0.0605 e. The predicted octanol–water partition coefficient (Wildman–Crippen LogP) is 3.07. The van der Waals surface area contributed by atoms with E-state index in [4.69, 9.17) is 0 Å². The Balaban J connectivity index is 2.19. The summed E-state index contributed by atoms with van der Waals surface area (Å²) in [5, 5.41) is 3.58. The second-order valence-electron chi connectivity index (χ2n) is 4.78. The molecular formula is C16H21N3. The van der Waals surface area contributed by atoms with Gasteiger partial charge >= 0.3 is 0 Å². The third-order valence-corrected chi connectivity index (χ3v) is 3.18. The van der Waals surface area contributed by atoms with Gasteiger partial charge in [0.1, 0.15) is 0 Å². The van der Waals surface area contributed by atoms with Crippen molar-refractivity contribution in [3.8, 4) is 0 Å². The van der Waals surface area contributed by atoms with Crippen LogP contribution in [0.3, 0.4) is 0 Å². The lowest BCUT2D eigenvalue weighted by Gasteiger charge is -2.19. The summed E-state index contributed by atoms with van der Waals surface area (Å²) in [6, 6.07) is 8.46. The summed E-state index contributed by atoms with van der Waals surface area (Å²) in [5.41, 5.74) is 3.61. The zero-order valence-electron chi connectivity index (χ0n) is 11.6. The molecule has 1 unspecified atom stereocenters. The molecule has 3 heteroatoms. The Morgan fingerprint density at radius 3 is 2.74 bits per heavy atom. The van der Waals surface area contributed by atoms with Crippen molar-refractivity contribution in [2.45, 2.75) is 32.7 Å². The van der Waals surface area contributed by atoms with E-state index in [0.29, 0.717) is 0 Å². The minimum atomic E-state index is 0.255. The average molecular weight is 255 g/mol. The van der Waals surface area contributed by atoms with Crippen LogP contribution in [-0.4, -0.2) is 16.5 Å². The lowest BCUT2D eigenvalue weighted by molar-refractivity contribution is 0.515. The van der Waals surface area contributed by atoms with Crippen LogP contribution in [0.4, 0.5) is 0 Å². The maximum absolute atomic E-state index is 4.54. The molecule has 0 bridgehead atoms. The van der Waals surface area contributed by atoms with Gasteiger partial charge in [0.25, 0.3) is 0 Å². The largest absolute Gasteiger partial charge is 0.308 e. The van der Waals surface area contributed by atoms with E-state index in [1.165, 1.54) is 11.1 Å². The molecule has 0 aliphatic heterocycles. The van der Waals surface area contributed by atoms with Crippen molar-refractivity contribution in [2.75, 3.05) is 6.54 Å². The van der Waals surface area contributed by atoms with Crippen LogP contribution in [0.5, 0.6) is 0 Å². The number of hydrogen-bond acceptors (Lipinski definition) is 3. The summed E-state index contributed by atoms with van der Waals surface area (Å²) >= 11 is 0. The van der Waals surface area contributed by atoms with Crippen molar-refractivity contribution >= 4 is 0 Å². The van der Waals surface area contributed by atoms with E-state index in [9.17, 15) is 0 Å². The van der Waals surface area contributed by atoms with Crippen molar-refractivity contribution in [1.82, 2.24) is 15.3 Å². The number of nitrogens with one attached hydrogen (secondary N) is 1. The predicted molar refractivity (Wildman–Crippen MR) is 77.9 cm³/mol. The number of aromatic nitrogens is 2. The Labute approximate surface area is 115 Å². The van der Waals surface area contributed by atoms with Gasteiger partial charge in [-0.15, -0.1) is 0 Å². The molecule has 3 nitrogen and oxygen atoms in total. The third kappa shape index (κ3) is 3.86.